The number of benzene rings is 1. The van der Waals surface area contributed by atoms with E-state index in [1.165, 1.54) is 0 Å². The molecule has 2 aromatic rings. The summed E-state index contributed by atoms with van der Waals surface area (Å²) in [5.74, 6) is -0.723. The Morgan fingerprint density at radius 1 is 1.19 bits per heavy atom. The summed E-state index contributed by atoms with van der Waals surface area (Å²) in [6, 6.07) is 3.97. The summed E-state index contributed by atoms with van der Waals surface area (Å²) in [6.45, 7) is 11.8. The molecule has 1 N–H and O–H groups in total. The minimum Gasteiger partial charge on any atom is -0.452 e. The van der Waals surface area contributed by atoms with Crippen molar-refractivity contribution < 1.29 is 14.3 Å². The highest BCUT2D eigenvalue weighted by molar-refractivity contribution is 6.32. The van der Waals surface area contributed by atoms with Crippen LogP contribution in [0, 0.1) is 33.6 Å². The molecule has 0 saturated heterocycles. The van der Waals surface area contributed by atoms with Gasteiger partial charge in [0.15, 0.2) is 6.61 Å². The highest BCUT2D eigenvalue weighted by Crippen LogP contribution is 2.23. The zero-order valence-electron chi connectivity index (χ0n) is 16.6. The van der Waals surface area contributed by atoms with Crippen molar-refractivity contribution in [2.75, 3.05) is 11.9 Å². The lowest BCUT2D eigenvalue weighted by atomic mass is 10.1. The summed E-state index contributed by atoms with van der Waals surface area (Å²) in [7, 11) is 0. The predicted octanol–water partition coefficient (Wildman–Crippen LogP) is 4.22. The Morgan fingerprint density at radius 2 is 1.78 bits per heavy atom. The molecule has 2 rings (SSSR count). The van der Waals surface area contributed by atoms with Gasteiger partial charge < -0.3 is 10.1 Å². The number of anilines is 1. The number of carbonyl (C=O) groups is 2. The van der Waals surface area contributed by atoms with Crippen LogP contribution in [0.4, 0.5) is 5.69 Å². The van der Waals surface area contributed by atoms with Gasteiger partial charge in [0.1, 0.15) is 10.7 Å². The number of aryl methyl sites for hydroxylation is 4. The average Bonchev–Trinajstić information content (AvgIpc) is 2.82. The zero-order valence-corrected chi connectivity index (χ0v) is 17.4. The van der Waals surface area contributed by atoms with Crippen LogP contribution in [0.25, 0.3) is 0 Å². The maximum absolute atomic E-state index is 12.4. The second kappa shape index (κ2) is 8.57. The summed E-state index contributed by atoms with van der Waals surface area (Å²) >= 11 is 6.27. The van der Waals surface area contributed by atoms with Gasteiger partial charge in [-0.1, -0.05) is 43.1 Å². The van der Waals surface area contributed by atoms with Crippen LogP contribution in [-0.4, -0.2) is 28.3 Å². The van der Waals surface area contributed by atoms with Crippen LogP contribution in [0.15, 0.2) is 12.1 Å². The van der Waals surface area contributed by atoms with Gasteiger partial charge in [0, 0.05) is 12.2 Å². The molecule has 0 saturated carbocycles. The molecule has 146 valence electrons. The van der Waals surface area contributed by atoms with Crippen molar-refractivity contribution in [2.24, 2.45) is 5.92 Å². The number of ether oxygens (including phenoxy) is 1. The number of rotatable bonds is 6. The number of nitrogens with zero attached hydrogens (tertiary/aromatic N) is 2. The van der Waals surface area contributed by atoms with E-state index in [1.807, 2.05) is 46.8 Å². The molecule has 1 amide bonds. The van der Waals surface area contributed by atoms with E-state index in [0.29, 0.717) is 18.2 Å². The first-order valence-corrected chi connectivity index (χ1v) is 9.25. The molecule has 27 heavy (non-hydrogen) atoms. The number of halogens is 1. The highest BCUT2D eigenvalue weighted by Gasteiger charge is 2.23. The van der Waals surface area contributed by atoms with Gasteiger partial charge in [-0.3, -0.25) is 9.48 Å². The summed E-state index contributed by atoms with van der Waals surface area (Å²) in [4.78, 5) is 24.6. The van der Waals surface area contributed by atoms with E-state index in [4.69, 9.17) is 16.3 Å². The molecule has 0 atom stereocenters. The zero-order chi connectivity index (χ0) is 20.3. The van der Waals surface area contributed by atoms with Crippen LogP contribution in [0.1, 0.15) is 46.6 Å². The first-order chi connectivity index (χ1) is 12.6. The molecule has 1 aromatic heterocycles. The van der Waals surface area contributed by atoms with Crippen LogP contribution < -0.4 is 5.32 Å². The SMILES string of the molecule is Cc1cc(C)c(NC(=O)COC(=O)c2c(C)nn(CC(C)C)c2Cl)c(C)c1. The van der Waals surface area contributed by atoms with E-state index >= 15 is 0 Å². The number of amides is 1. The fourth-order valence-electron chi connectivity index (χ4n) is 3.01. The second-order valence-electron chi connectivity index (χ2n) is 7.23. The molecule has 0 aliphatic heterocycles. The Balaban J connectivity index is 2.04. The molecule has 0 unspecified atom stereocenters. The van der Waals surface area contributed by atoms with Crippen molar-refractivity contribution in [3.8, 4) is 0 Å². The van der Waals surface area contributed by atoms with E-state index in [9.17, 15) is 9.59 Å². The molecule has 6 nitrogen and oxygen atoms in total. The van der Waals surface area contributed by atoms with Gasteiger partial charge in [-0.15, -0.1) is 0 Å². The molecule has 7 heteroatoms. The van der Waals surface area contributed by atoms with E-state index < -0.39 is 18.5 Å². The second-order valence-corrected chi connectivity index (χ2v) is 7.58. The monoisotopic (exact) mass is 391 g/mol. The predicted molar refractivity (Wildman–Crippen MR) is 106 cm³/mol. The number of carbonyl (C=O) groups excluding carboxylic acids is 2. The quantitative estimate of drug-likeness (QED) is 0.748. The molecule has 0 radical (unpaired) electrons. The molecule has 1 aromatic carbocycles. The summed E-state index contributed by atoms with van der Waals surface area (Å²) in [5.41, 5.74) is 4.46. The smallest absolute Gasteiger partial charge is 0.343 e. The largest absolute Gasteiger partial charge is 0.452 e. The van der Waals surface area contributed by atoms with Crippen LogP contribution >= 0.6 is 11.6 Å². The van der Waals surface area contributed by atoms with E-state index in [0.717, 1.165) is 22.4 Å². The van der Waals surface area contributed by atoms with Crippen LogP contribution in [0.2, 0.25) is 5.15 Å². The molecule has 0 bridgehead atoms. The molecule has 0 aliphatic carbocycles. The Kier molecular flexibility index (Phi) is 6.65. The minimum absolute atomic E-state index is 0.202. The summed E-state index contributed by atoms with van der Waals surface area (Å²) < 4.78 is 6.74. The maximum Gasteiger partial charge on any atom is 0.343 e. The maximum atomic E-state index is 12.4. The van der Waals surface area contributed by atoms with Gasteiger partial charge in [0.25, 0.3) is 5.91 Å². The van der Waals surface area contributed by atoms with Gasteiger partial charge >= 0.3 is 5.97 Å². The van der Waals surface area contributed by atoms with Gasteiger partial charge in [-0.2, -0.15) is 5.10 Å². The molecule has 0 aliphatic rings. The first kappa shape index (κ1) is 21.0. The summed E-state index contributed by atoms with van der Waals surface area (Å²) in [6.07, 6.45) is 0. The number of aromatic nitrogens is 2. The van der Waals surface area contributed by atoms with Crippen molar-refractivity contribution in [1.29, 1.82) is 0 Å². The Bertz CT molecular complexity index is 849. The third-order valence-electron chi connectivity index (χ3n) is 4.08. The summed E-state index contributed by atoms with van der Waals surface area (Å²) in [5, 5.41) is 7.32. The Labute approximate surface area is 164 Å². The minimum atomic E-state index is -0.653. The lowest BCUT2D eigenvalue weighted by molar-refractivity contribution is -0.119. The third-order valence-corrected chi connectivity index (χ3v) is 4.47. The molecular formula is C20H26ClN3O3. The van der Waals surface area contributed by atoms with Gasteiger partial charge in [0.05, 0.1) is 5.69 Å². The average molecular weight is 392 g/mol. The van der Waals surface area contributed by atoms with Gasteiger partial charge in [0.2, 0.25) is 0 Å². The van der Waals surface area contributed by atoms with Gasteiger partial charge in [-0.05, 0) is 44.7 Å². The lowest BCUT2D eigenvalue weighted by Crippen LogP contribution is -2.22. The lowest BCUT2D eigenvalue weighted by Gasteiger charge is -2.13. The van der Waals surface area contributed by atoms with Crippen molar-refractivity contribution in [1.82, 2.24) is 9.78 Å². The fraction of sp³-hybridized carbons (Fsp3) is 0.450. The van der Waals surface area contributed by atoms with Crippen LogP contribution in [0.3, 0.4) is 0 Å². The van der Waals surface area contributed by atoms with Crippen molar-refractivity contribution in [3.05, 3.63) is 45.2 Å². The number of esters is 1. The molecule has 0 fully saturated rings. The first-order valence-electron chi connectivity index (χ1n) is 8.87. The Morgan fingerprint density at radius 3 is 2.33 bits per heavy atom. The standard InChI is InChI=1S/C20H26ClN3O3/c1-11(2)9-24-19(21)17(15(6)23-24)20(26)27-10-16(25)22-18-13(4)7-12(3)8-14(18)5/h7-8,11H,9-10H2,1-6H3,(H,22,25). The van der Waals surface area contributed by atoms with Crippen molar-refractivity contribution in [3.63, 3.8) is 0 Å². The van der Waals surface area contributed by atoms with Crippen LogP contribution in [0.5, 0.6) is 0 Å². The van der Waals surface area contributed by atoms with Crippen molar-refractivity contribution in [2.45, 2.75) is 48.1 Å². The molecule has 1 heterocycles. The number of nitrogens with one attached hydrogen (secondary N) is 1. The number of hydrogen-bond donors (Lipinski definition) is 1. The molecular weight excluding hydrogens is 366 g/mol. The normalized spacial score (nSPS) is 11.0. The molecule has 0 spiro atoms. The van der Waals surface area contributed by atoms with Gasteiger partial charge in [-0.25, -0.2) is 4.79 Å². The highest BCUT2D eigenvalue weighted by atomic mass is 35.5. The fourth-order valence-corrected chi connectivity index (χ4v) is 3.33. The topological polar surface area (TPSA) is 73.2 Å². The third kappa shape index (κ3) is 5.10. The van der Waals surface area contributed by atoms with E-state index in [-0.39, 0.29) is 10.7 Å². The Hall–Kier alpha value is -2.34. The van der Waals surface area contributed by atoms with Crippen molar-refractivity contribution >= 4 is 29.2 Å². The number of hydrogen-bond acceptors (Lipinski definition) is 4. The van der Waals surface area contributed by atoms with Crippen LogP contribution in [-0.2, 0) is 16.1 Å². The van der Waals surface area contributed by atoms with E-state index in [2.05, 4.69) is 10.4 Å². The van der Waals surface area contributed by atoms with E-state index in [1.54, 1.807) is 11.6 Å².